The Morgan fingerprint density at radius 3 is 2.50 bits per heavy atom. The molecule has 0 N–H and O–H groups in total. The van der Waals surface area contributed by atoms with Gasteiger partial charge in [0, 0.05) is 10.6 Å². The molecule has 1 heterocycles. The molecule has 0 amide bonds. The van der Waals surface area contributed by atoms with Crippen molar-refractivity contribution in [3.63, 3.8) is 0 Å². The van der Waals surface area contributed by atoms with E-state index >= 15 is 0 Å². The minimum Gasteiger partial charge on any atom is -0.486 e. The topological polar surface area (TPSA) is 22.1 Å². The van der Waals surface area contributed by atoms with Crippen molar-refractivity contribution in [1.82, 2.24) is 4.98 Å². The van der Waals surface area contributed by atoms with E-state index in [4.69, 9.17) is 4.74 Å². The highest BCUT2D eigenvalue weighted by molar-refractivity contribution is 7.79. The maximum Gasteiger partial charge on any atom is 0.140 e. The summed E-state index contributed by atoms with van der Waals surface area (Å²) in [4.78, 5) is 5.95. The van der Waals surface area contributed by atoms with E-state index in [1.54, 1.807) is 11.3 Å². The van der Waals surface area contributed by atoms with Crippen molar-refractivity contribution >= 4 is 24.0 Å². The van der Waals surface area contributed by atoms with Gasteiger partial charge in [-0.05, 0) is 43.5 Å². The van der Waals surface area contributed by atoms with Crippen LogP contribution >= 0.6 is 24.0 Å². The molecule has 0 radical (unpaired) electrons. The molecule has 0 spiro atoms. The molecule has 4 heteroatoms. The van der Waals surface area contributed by atoms with Gasteiger partial charge in [-0.2, -0.15) is 12.6 Å². The minimum atomic E-state index is 0.540. The number of thiazole rings is 1. The molecule has 0 saturated heterocycles. The van der Waals surface area contributed by atoms with Crippen LogP contribution in [0.5, 0.6) is 5.75 Å². The van der Waals surface area contributed by atoms with Crippen LogP contribution < -0.4 is 4.74 Å². The summed E-state index contributed by atoms with van der Waals surface area (Å²) in [6, 6.07) is 6.27. The van der Waals surface area contributed by atoms with Gasteiger partial charge in [0.2, 0.25) is 0 Å². The standard InChI is InChI=1S/C16H21NOS2/c1-4-5-14-15(10-19)20-16(17-14)9-18-13-7-11(2)6-12(3)8-13/h6-8,19H,4-5,9-10H2,1-3H3. The largest absolute Gasteiger partial charge is 0.486 e. The summed E-state index contributed by atoms with van der Waals surface area (Å²) in [7, 11) is 0. The van der Waals surface area contributed by atoms with Crippen LogP contribution in [0.25, 0.3) is 0 Å². The Bertz CT molecular complexity index is 558. The van der Waals surface area contributed by atoms with Crippen molar-refractivity contribution in [2.75, 3.05) is 0 Å². The Morgan fingerprint density at radius 1 is 1.20 bits per heavy atom. The number of thiol groups is 1. The third-order valence-corrected chi connectivity index (χ3v) is 4.61. The first-order valence-corrected chi connectivity index (χ1v) is 8.36. The van der Waals surface area contributed by atoms with Crippen molar-refractivity contribution in [1.29, 1.82) is 0 Å². The molecule has 0 aliphatic carbocycles. The van der Waals surface area contributed by atoms with Crippen LogP contribution in [-0.4, -0.2) is 4.98 Å². The average Bonchev–Trinajstić information content (AvgIpc) is 2.78. The molecule has 0 atom stereocenters. The highest BCUT2D eigenvalue weighted by Crippen LogP contribution is 2.24. The van der Waals surface area contributed by atoms with Gasteiger partial charge < -0.3 is 4.74 Å². The van der Waals surface area contributed by atoms with Gasteiger partial charge in [-0.3, -0.25) is 0 Å². The van der Waals surface area contributed by atoms with Gasteiger partial charge in [-0.15, -0.1) is 11.3 Å². The molecule has 2 aromatic rings. The summed E-state index contributed by atoms with van der Waals surface area (Å²) in [6.45, 7) is 6.88. The number of benzene rings is 1. The molecule has 0 aliphatic heterocycles. The van der Waals surface area contributed by atoms with Crippen LogP contribution in [0.15, 0.2) is 18.2 Å². The first kappa shape index (κ1) is 15.4. The maximum atomic E-state index is 5.87. The highest BCUT2D eigenvalue weighted by Gasteiger charge is 2.10. The van der Waals surface area contributed by atoms with Crippen LogP contribution in [-0.2, 0) is 18.8 Å². The predicted octanol–water partition coefficient (Wildman–Crippen LogP) is 4.72. The zero-order valence-electron chi connectivity index (χ0n) is 12.3. The molecular weight excluding hydrogens is 286 g/mol. The van der Waals surface area contributed by atoms with Gasteiger partial charge in [0.25, 0.3) is 0 Å². The third kappa shape index (κ3) is 4.00. The van der Waals surface area contributed by atoms with E-state index in [9.17, 15) is 0 Å². The van der Waals surface area contributed by atoms with Gasteiger partial charge in [0.15, 0.2) is 0 Å². The lowest BCUT2D eigenvalue weighted by Crippen LogP contribution is -1.96. The fourth-order valence-corrected chi connectivity index (χ4v) is 3.48. The lowest BCUT2D eigenvalue weighted by atomic mass is 10.1. The first-order valence-electron chi connectivity index (χ1n) is 6.91. The van der Waals surface area contributed by atoms with Crippen LogP contribution in [0, 0.1) is 13.8 Å². The summed E-state index contributed by atoms with van der Waals surface area (Å²) in [5, 5.41) is 1.04. The van der Waals surface area contributed by atoms with Crippen LogP contribution in [0.4, 0.5) is 0 Å². The van der Waals surface area contributed by atoms with Crippen LogP contribution in [0.3, 0.4) is 0 Å². The van der Waals surface area contributed by atoms with E-state index in [2.05, 4.69) is 56.6 Å². The van der Waals surface area contributed by atoms with Crippen molar-refractivity contribution in [3.05, 3.63) is 44.9 Å². The Kier molecular flexibility index (Phi) is 5.49. The van der Waals surface area contributed by atoms with E-state index < -0.39 is 0 Å². The summed E-state index contributed by atoms with van der Waals surface area (Å²) in [5.41, 5.74) is 3.63. The maximum absolute atomic E-state index is 5.87. The Morgan fingerprint density at radius 2 is 1.90 bits per heavy atom. The summed E-state index contributed by atoms with van der Waals surface area (Å²) in [5.74, 6) is 1.68. The van der Waals surface area contributed by atoms with Gasteiger partial charge >= 0.3 is 0 Å². The lowest BCUT2D eigenvalue weighted by molar-refractivity contribution is 0.305. The molecule has 1 aromatic heterocycles. The van der Waals surface area contributed by atoms with Crippen molar-refractivity contribution in [2.45, 2.75) is 46.0 Å². The van der Waals surface area contributed by atoms with E-state index in [0.29, 0.717) is 6.61 Å². The first-order chi connectivity index (χ1) is 9.62. The van der Waals surface area contributed by atoms with E-state index in [1.165, 1.54) is 21.7 Å². The normalized spacial score (nSPS) is 10.8. The second-order valence-electron chi connectivity index (χ2n) is 5.00. The van der Waals surface area contributed by atoms with Crippen molar-refractivity contribution in [2.24, 2.45) is 0 Å². The quantitative estimate of drug-likeness (QED) is 0.780. The molecule has 108 valence electrons. The monoisotopic (exact) mass is 307 g/mol. The van der Waals surface area contributed by atoms with Gasteiger partial charge in [-0.1, -0.05) is 19.4 Å². The fourth-order valence-electron chi connectivity index (χ4n) is 2.22. The molecule has 0 bridgehead atoms. The van der Waals surface area contributed by atoms with Gasteiger partial charge in [0.05, 0.1) is 5.69 Å². The average molecular weight is 307 g/mol. The molecule has 1 aromatic carbocycles. The SMILES string of the molecule is CCCc1nc(COc2cc(C)cc(C)c2)sc1CS. The summed E-state index contributed by atoms with van der Waals surface area (Å²) in [6.07, 6.45) is 2.14. The second-order valence-corrected chi connectivity index (χ2v) is 6.48. The molecule has 0 unspecified atom stereocenters. The summed E-state index contributed by atoms with van der Waals surface area (Å²) < 4.78 is 5.87. The molecule has 0 saturated carbocycles. The smallest absolute Gasteiger partial charge is 0.140 e. The molecule has 0 aliphatic rings. The highest BCUT2D eigenvalue weighted by atomic mass is 32.1. The third-order valence-electron chi connectivity index (χ3n) is 3.01. The zero-order chi connectivity index (χ0) is 14.5. The number of hydrogen-bond acceptors (Lipinski definition) is 4. The number of rotatable bonds is 6. The summed E-state index contributed by atoms with van der Waals surface area (Å²) >= 11 is 6.10. The Balaban J connectivity index is 2.06. The van der Waals surface area contributed by atoms with Crippen LogP contribution in [0.2, 0.25) is 0 Å². The predicted molar refractivity (Wildman–Crippen MR) is 89.0 cm³/mol. The molecular formula is C16H21NOS2. The minimum absolute atomic E-state index is 0.540. The van der Waals surface area contributed by atoms with Gasteiger partial charge in [-0.25, -0.2) is 4.98 Å². The number of hydrogen-bond donors (Lipinski definition) is 1. The van der Waals surface area contributed by atoms with E-state index in [0.717, 1.165) is 29.4 Å². The fraction of sp³-hybridized carbons (Fsp3) is 0.438. The number of nitrogens with zero attached hydrogens (tertiary/aromatic N) is 1. The van der Waals surface area contributed by atoms with E-state index in [1.807, 2.05) is 0 Å². The molecule has 20 heavy (non-hydrogen) atoms. The Hall–Kier alpha value is -1.00. The number of ether oxygens (including phenoxy) is 1. The van der Waals surface area contributed by atoms with Crippen molar-refractivity contribution in [3.8, 4) is 5.75 Å². The number of aromatic nitrogens is 1. The molecule has 2 rings (SSSR count). The van der Waals surface area contributed by atoms with Crippen LogP contribution in [0.1, 0.15) is 40.1 Å². The molecule has 2 nitrogen and oxygen atoms in total. The van der Waals surface area contributed by atoms with Crippen molar-refractivity contribution < 1.29 is 4.74 Å². The van der Waals surface area contributed by atoms with Gasteiger partial charge in [0.1, 0.15) is 17.4 Å². The Labute approximate surface area is 130 Å². The second kappa shape index (κ2) is 7.14. The zero-order valence-corrected chi connectivity index (χ0v) is 14.0. The molecule has 0 fully saturated rings. The number of aryl methyl sites for hydroxylation is 3. The lowest BCUT2D eigenvalue weighted by Gasteiger charge is -2.06. The van der Waals surface area contributed by atoms with E-state index in [-0.39, 0.29) is 0 Å².